The molecule has 1 aromatic rings. The first-order valence-corrected chi connectivity index (χ1v) is 9.16. The van der Waals surface area contributed by atoms with E-state index in [1.54, 1.807) is 19.2 Å². The molecule has 1 heterocycles. The summed E-state index contributed by atoms with van der Waals surface area (Å²) < 4.78 is 5.27. The van der Waals surface area contributed by atoms with Crippen LogP contribution in [-0.4, -0.2) is 65.4 Å². The second kappa shape index (κ2) is 8.19. The zero-order valence-electron chi connectivity index (χ0n) is 14.7. The summed E-state index contributed by atoms with van der Waals surface area (Å²) in [6.07, 6.45) is 6.12. The van der Waals surface area contributed by atoms with Gasteiger partial charge in [-0.25, -0.2) is 0 Å². The van der Waals surface area contributed by atoms with Crippen molar-refractivity contribution in [3.8, 4) is 11.5 Å². The van der Waals surface area contributed by atoms with Crippen LogP contribution in [0.3, 0.4) is 0 Å². The number of aliphatic hydroxyl groups is 1. The molecule has 0 aromatic heterocycles. The van der Waals surface area contributed by atoms with Crippen LogP contribution in [0.15, 0.2) is 18.2 Å². The largest absolute Gasteiger partial charge is 0.508 e. The maximum Gasteiger partial charge on any atom is 0.120 e. The standard InChI is InChI=1S/C19H30N2O3/c1-24-18-6-7-19(23)15(12-18)13-20-9-10-21(16-4-2-3-5-16)17(14-20)8-11-22/h6-7,12,16-17,22-23H,2-5,8-11,13-14H2,1H3/t17-/m1/s1. The van der Waals surface area contributed by atoms with Gasteiger partial charge in [-0.1, -0.05) is 12.8 Å². The molecule has 0 spiro atoms. The number of hydrogen-bond donors (Lipinski definition) is 2. The fourth-order valence-electron chi connectivity index (χ4n) is 4.26. The van der Waals surface area contributed by atoms with Gasteiger partial charge >= 0.3 is 0 Å². The predicted octanol–water partition coefficient (Wildman–Crippen LogP) is 2.21. The van der Waals surface area contributed by atoms with E-state index in [1.807, 2.05) is 6.07 Å². The lowest BCUT2D eigenvalue weighted by atomic mass is 10.0. The van der Waals surface area contributed by atoms with Crippen LogP contribution in [0.5, 0.6) is 11.5 Å². The molecular formula is C19H30N2O3. The van der Waals surface area contributed by atoms with E-state index < -0.39 is 0 Å². The molecule has 1 aromatic carbocycles. The summed E-state index contributed by atoms with van der Waals surface area (Å²) in [5, 5.41) is 19.6. The van der Waals surface area contributed by atoms with E-state index in [0.717, 1.165) is 43.9 Å². The van der Waals surface area contributed by atoms with Gasteiger partial charge < -0.3 is 14.9 Å². The molecule has 0 amide bonds. The van der Waals surface area contributed by atoms with Gasteiger partial charge in [0.15, 0.2) is 0 Å². The second-order valence-corrected chi connectivity index (χ2v) is 7.07. The molecule has 1 atom stereocenters. The van der Waals surface area contributed by atoms with Crippen LogP contribution in [0.2, 0.25) is 0 Å². The SMILES string of the molecule is COc1ccc(O)c(CN2CCN(C3CCCC3)[C@H](CCO)C2)c1. The number of aromatic hydroxyl groups is 1. The van der Waals surface area contributed by atoms with Gasteiger partial charge in [-0.05, 0) is 37.5 Å². The average molecular weight is 334 g/mol. The molecule has 2 fully saturated rings. The molecule has 1 aliphatic heterocycles. The Morgan fingerprint density at radius 2 is 2.00 bits per heavy atom. The number of aliphatic hydroxyl groups excluding tert-OH is 1. The third-order valence-electron chi connectivity index (χ3n) is 5.55. The van der Waals surface area contributed by atoms with Crippen molar-refractivity contribution in [2.75, 3.05) is 33.4 Å². The summed E-state index contributed by atoms with van der Waals surface area (Å²) in [6.45, 7) is 3.98. The first-order valence-electron chi connectivity index (χ1n) is 9.16. The minimum Gasteiger partial charge on any atom is -0.508 e. The van der Waals surface area contributed by atoms with Crippen LogP contribution >= 0.6 is 0 Å². The summed E-state index contributed by atoms with van der Waals surface area (Å²) in [4.78, 5) is 5.02. The average Bonchev–Trinajstić information content (AvgIpc) is 3.12. The first-order chi connectivity index (χ1) is 11.7. The van der Waals surface area contributed by atoms with Crippen LogP contribution < -0.4 is 4.74 Å². The molecule has 1 aliphatic carbocycles. The molecule has 1 saturated carbocycles. The Kier molecular flexibility index (Phi) is 5.98. The van der Waals surface area contributed by atoms with E-state index in [1.165, 1.54) is 25.7 Å². The number of ether oxygens (including phenoxy) is 1. The highest BCUT2D eigenvalue weighted by Gasteiger charge is 2.33. The van der Waals surface area contributed by atoms with Crippen LogP contribution in [0.25, 0.3) is 0 Å². The molecule has 0 bridgehead atoms. The van der Waals surface area contributed by atoms with E-state index >= 15 is 0 Å². The Morgan fingerprint density at radius 3 is 2.71 bits per heavy atom. The van der Waals surface area contributed by atoms with Crippen molar-refractivity contribution in [1.29, 1.82) is 0 Å². The lowest BCUT2D eigenvalue weighted by Crippen LogP contribution is -2.56. The smallest absolute Gasteiger partial charge is 0.120 e. The highest BCUT2D eigenvalue weighted by Crippen LogP contribution is 2.29. The van der Waals surface area contributed by atoms with Crippen LogP contribution in [0.1, 0.15) is 37.7 Å². The number of nitrogens with zero attached hydrogens (tertiary/aromatic N) is 2. The maximum atomic E-state index is 10.1. The fraction of sp³-hybridized carbons (Fsp3) is 0.684. The predicted molar refractivity (Wildman–Crippen MR) is 94.4 cm³/mol. The van der Waals surface area contributed by atoms with Gasteiger partial charge in [0.05, 0.1) is 7.11 Å². The van der Waals surface area contributed by atoms with Crippen molar-refractivity contribution >= 4 is 0 Å². The van der Waals surface area contributed by atoms with Crippen molar-refractivity contribution in [3.63, 3.8) is 0 Å². The summed E-state index contributed by atoms with van der Waals surface area (Å²) in [5.74, 6) is 1.10. The number of benzene rings is 1. The van der Waals surface area contributed by atoms with E-state index in [-0.39, 0.29) is 6.61 Å². The number of methoxy groups -OCH3 is 1. The maximum absolute atomic E-state index is 10.1. The lowest BCUT2D eigenvalue weighted by molar-refractivity contribution is 0.0264. The Labute approximate surface area is 144 Å². The number of hydrogen-bond acceptors (Lipinski definition) is 5. The molecule has 5 heteroatoms. The fourth-order valence-corrected chi connectivity index (χ4v) is 4.26. The Bertz CT molecular complexity index is 531. The molecule has 2 aliphatic rings. The van der Waals surface area contributed by atoms with Crippen molar-refractivity contribution in [3.05, 3.63) is 23.8 Å². The van der Waals surface area contributed by atoms with E-state index in [9.17, 15) is 10.2 Å². The van der Waals surface area contributed by atoms with Crippen LogP contribution in [0, 0.1) is 0 Å². The normalized spacial score (nSPS) is 23.7. The van der Waals surface area contributed by atoms with Crippen molar-refractivity contribution in [2.24, 2.45) is 0 Å². The van der Waals surface area contributed by atoms with E-state index in [0.29, 0.717) is 17.8 Å². The van der Waals surface area contributed by atoms with Crippen LogP contribution in [-0.2, 0) is 6.54 Å². The minimum absolute atomic E-state index is 0.242. The summed E-state index contributed by atoms with van der Waals surface area (Å²) in [7, 11) is 1.65. The zero-order chi connectivity index (χ0) is 16.9. The Hall–Kier alpha value is -1.30. The van der Waals surface area contributed by atoms with Gasteiger partial charge in [0, 0.05) is 50.4 Å². The van der Waals surface area contributed by atoms with Crippen LogP contribution in [0.4, 0.5) is 0 Å². The van der Waals surface area contributed by atoms with Gasteiger partial charge in [-0.3, -0.25) is 9.80 Å². The van der Waals surface area contributed by atoms with E-state index in [4.69, 9.17) is 4.74 Å². The highest BCUT2D eigenvalue weighted by atomic mass is 16.5. The molecule has 0 unspecified atom stereocenters. The number of piperazine rings is 1. The van der Waals surface area contributed by atoms with Gasteiger partial charge in [0.1, 0.15) is 11.5 Å². The monoisotopic (exact) mass is 334 g/mol. The molecule has 24 heavy (non-hydrogen) atoms. The topological polar surface area (TPSA) is 56.2 Å². The van der Waals surface area contributed by atoms with Gasteiger partial charge in [0.25, 0.3) is 0 Å². The first kappa shape index (κ1) is 17.5. The van der Waals surface area contributed by atoms with Crippen molar-refractivity contribution in [2.45, 2.75) is 50.7 Å². The number of rotatable bonds is 6. The third-order valence-corrected chi connectivity index (χ3v) is 5.55. The van der Waals surface area contributed by atoms with E-state index in [2.05, 4.69) is 9.80 Å². The molecule has 0 radical (unpaired) electrons. The Balaban J connectivity index is 1.65. The highest BCUT2D eigenvalue weighted by molar-refractivity contribution is 5.39. The molecule has 3 rings (SSSR count). The number of phenolic OH excluding ortho intramolecular Hbond substituents is 1. The van der Waals surface area contributed by atoms with Gasteiger partial charge in [0.2, 0.25) is 0 Å². The third kappa shape index (κ3) is 4.02. The minimum atomic E-state index is 0.242. The molecule has 2 N–H and O–H groups in total. The molecule has 5 nitrogen and oxygen atoms in total. The number of phenols is 1. The summed E-state index contributed by atoms with van der Waals surface area (Å²) in [5.41, 5.74) is 0.909. The van der Waals surface area contributed by atoms with Crippen molar-refractivity contribution in [1.82, 2.24) is 9.80 Å². The van der Waals surface area contributed by atoms with Gasteiger partial charge in [-0.15, -0.1) is 0 Å². The molecule has 1 saturated heterocycles. The van der Waals surface area contributed by atoms with Crippen molar-refractivity contribution < 1.29 is 14.9 Å². The molecular weight excluding hydrogens is 304 g/mol. The van der Waals surface area contributed by atoms with Gasteiger partial charge in [-0.2, -0.15) is 0 Å². The molecule has 134 valence electrons. The second-order valence-electron chi connectivity index (χ2n) is 7.07. The lowest BCUT2D eigenvalue weighted by Gasteiger charge is -2.44. The zero-order valence-corrected chi connectivity index (χ0v) is 14.7. The Morgan fingerprint density at radius 1 is 1.21 bits per heavy atom. The summed E-state index contributed by atoms with van der Waals surface area (Å²) in [6, 6.07) is 6.52. The quantitative estimate of drug-likeness (QED) is 0.835. The summed E-state index contributed by atoms with van der Waals surface area (Å²) >= 11 is 0.